The zero-order valence-electron chi connectivity index (χ0n) is 20.5. The highest BCUT2D eigenvalue weighted by molar-refractivity contribution is 5.85. The number of hydrogen-bond acceptors (Lipinski definition) is 5. The van der Waals surface area contributed by atoms with Gasteiger partial charge in [-0.05, 0) is 38.5 Å². The summed E-state index contributed by atoms with van der Waals surface area (Å²) >= 11 is 0. The first-order valence-electron chi connectivity index (χ1n) is 11.9. The first kappa shape index (κ1) is 22.6. The summed E-state index contributed by atoms with van der Waals surface area (Å²) in [6, 6.07) is 21.1. The molecular formula is C28H33N5O. The molecule has 1 N–H and O–H groups in total. The highest BCUT2D eigenvalue weighted by Crippen LogP contribution is 2.34. The third kappa shape index (κ3) is 4.56. The van der Waals surface area contributed by atoms with Crippen LogP contribution in [0, 0.1) is 0 Å². The lowest BCUT2D eigenvalue weighted by Gasteiger charge is -2.46. The van der Waals surface area contributed by atoms with Crippen LogP contribution in [0.2, 0.25) is 0 Å². The van der Waals surface area contributed by atoms with E-state index in [4.69, 9.17) is 14.7 Å². The Morgan fingerprint density at radius 2 is 1.79 bits per heavy atom. The lowest BCUT2D eigenvalue weighted by Crippen LogP contribution is -2.54. The van der Waals surface area contributed by atoms with Gasteiger partial charge >= 0.3 is 0 Å². The van der Waals surface area contributed by atoms with E-state index in [1.54, 1.807) is 7.11 Å². The minimum absolute atomic E-state index is 0.109. The average Bonchev–Trinajstić information content (AvgIpc) is 3.33. The lowest BCUT2D eigenvalue weighted by molar-refractivity contribution is 0.0142. The van der Waals surface area contributed by atoms with Crippen LogP contribution in [-0.2, 0) is 6.54 Å². The van der Waals surface area contributed by atoms with Gasteiger partial charge in [0.25, 0.3) is 0 Å². The highest BCUT2D eigenvalue weighted by atomic mass is 16.5. The van der Waals surface area contributed by atoms with E-state index in [2.05, 4.69) is 78.0 Å². The molecular weight excluding hydrogens is 422 g/mol. The molecule has 0 aliphatic carbocycles. The van der Waals surface area contributed by atoms with E-state index in [0.29, 0.717) is 5.88 Å². The normalized spacial score (nSPS) is 17.8. The fourth-order valence-electron chi connectivity index (χ4n) is 4.79. The average molecular weight is 456 g/mol. The van der Waals surface area contributed by atoms with Gasteiger partial charge < -0.3 is 9.72 Å². The van der Waals surface area contributed by atoms with E-state index in [1.807, 2.05) is 24.4 Å². The van der Waals surface area contributed by atoms with Crippen LogP contribution >= 0.6 is 0 Å². The van der Waals surface area contributed by atoms with E-state index in [9.17, 15) is 0 Å². The summed E-state index contributed by atoms with van der Waals surface area (Å²) in [5.74, 6) is 1.59. The van der Waals surface area contributed by atoms with Crippen molar-refractivity contribution in [2.75, 3.05) is 26.7 Å². The molecule has 34 heavy (non-hydrogen) atoms. The van der Waals surface area contributed by atoms with Crippen LogP contribution in [-0.4, -0.2) is 57.0 Å². The number of pyridine rings is 1. The number of nitrogens with one attached hydrogen (secondary N) is 1. The number of aromatic nitrogens is 3. The molecule has 1 atom stereocenters. The van der Waals surface area contributed by atoms with Gasteiger partial charge in [-0.2, -0.15) is 0 Å². The van der Waals surface area contributed by atoms with Gasteiger partial charge in [-0.1, -0.05) is 48.5 Å². The molecule has 0 spiro atoms. The Bertz CT molecular complexity index is 1260. The van der Waals surface area contributed by atoms with Crippen molar-refractivity contribution in [3.8, 4) is 17.1 Å². The number of fused-ring (bicyclic) bond motifs is 1. The maximum atomic E-state index is 5.65. The minimum atomic E-state index is 0.109. The highest BCUT2D eigenvalue weighted by Gasteiger charge is 2.34. The molecule has 6 heteroatoms. The molecule has 0 bridgehead atoms. The van der Waals surface area contributed by atoms with Gasteiger partial charge in [0.05, 0.1) is 36.1 Å². The van der Waals surface area contributed by atoms with Crippen LogP contribution in [0.15, 0.2) is 66.9 Å². The van der Waals surface area contributed by atoms with Crippen LogP contribution < -0.4 is 4.74 Å². The molecule has 2 aromatic heterocycles. The van der Waals surface area contributed by atoms with Gasteiger partial charge in [-0.3, -0.25) is 9.80 Å². The third-order valence-corrected chi connectivity index (χ3v) is 6.75. The third-order valence-electron chi connectivity index (χ3n) is 6.75. The van der Waals surface area contributed by atoms with Crippen LogP contribution in [0.25, 0.3) is 22.2 Å². The minimum Gasteiger partial charge on any atom is -0.480 e. The number of aromatic amines is 1. The Morgan fingerprint density at radius 1 is 1.03 bits per heavy atom. The summed E-state index contributed by atoms with van der Waals surface area (Å²) in [6.45, 7) is 10.7. The number of rotatable bonds is 5. The maximum Gasteiger partial charge on any atom is 0.223 e. The summed E-state index contributed by atoms with van der Waals surface area (Å²) in [6.07, 6.45) is 1.92. The molecule has 0 saturated carbocycles. The van der Waals surface area contributed by atoms with Gasteiger partial charge in [0.15, 0.2) is 0 Å². The number of hydrogen-bond donors (Lipinski definition) is 1. The maximum absolute atomic E-state index is 5.65. The van der Waals surface area contributed by atoms with Crippen molar-refractivity contribution in [2.24, 2.45) is 0 Å². The van der Waals surface area contributed by atoms with Crippen LogP contribution in [0.5, 0.6) is 5.88 Å². The monoisotopic (exact) mass is 455 g/mol. The fraction of sp³-hybridized carbons (Fsp3) is 0.357. The van der Waals surface area contributed by atoms with Gasteiger partial charge in [0, 0.05) is 37.1 Å². The number of piperazine rings is 1. The van der Waals surface area contributed by atoms with Crippen molar-refractivity contribution in [3.05, 3.63) is 78.2 Å². The molecule has 0 amide bonds. The molecule has 5 rings (SSSR count). The molecule has 1 fully saturated rings. The number of H-pyrrole nitrogens is 1. The Hall–Kier alpha value is -3.22. The second-order valence-corrected chi connectivity index (χ2v) is 10.0. The number of ether oxygens (including phenoxy) is 1. The van der Waals surface area contributed by atoms with Crippen molar-refractivity contribution < 1.29 is 4.74 Å². The summed E-state index contributed by atoms with van der Waals surface area (Å²) in [5.41, 5.74) is 4.21. The standard InChI is InChI=1S/C28H33N5O/c1-28(2,3)33-15-14-32(18-20-10-6-5-7-11-20)25(19-33)26-29-17-24(30-26)22-16-21-12-8-9-13-23(21)31-27(22)34-4/h5-13,16-17,25H,14-15,18-19H2,1-4H3,(H,29,30). The fourth-order valence-corrected chi connectivity index (χ4v) is 4.79. The van der Waals surface area contributed by atoms with Crippen molar-refractivity contribution in [1.82, 2.24) is 24.8 Å². The molecule has 1 unspecified atom stereocenters. The van der Waals surface area contributed by atoms with Crippen molar-refractivity contribution >= 4 is 10.9 Å². The van der Waals surface area contributed by atoms with E-state index >= 15 is 0 Å². The molecule has 6 nitrogen and oxygen atoms in total. The summed E-state index contributed by atoms with van der Waals surface area (Å²) in [7, 11) is 1.67. The Balaban J connectivity index is 1.49. The second kappa shape index (κ2) is 9.20. The Morgan fingerprint density at radius 3 is 2.56 bits per heavy atom. The zero-order valence-corrected chi connectivity index (χ0v) is 20.5. The van der Waals surface area contributed by atoms with E-state index in [-0.39, 0.29) is 11.6 Å². The number of benzene rings is 2. The molecule has 1 aliphatic rings. The molecule has 2 aromatic carbocycles. The van der Waals surface area contributed by atoms with Crippen molar-refractivity contribution in [3.63, 3.8) is 0 Å². The zero-order chi connectivity index (χ0) is 23.7. The molecule has 176 valence electrons. The van der Waals surface area contributed by atoms with Gasteiger partial charge in [-0.25, -0.2) is 9.97 Å². The number of nitrogens with zero attached hydrogens (tertiary/aromatic N) is 4. The molecule has 1 aliphatic heterocycles. The predicted molar refractivity (Wildman–Crippen MR) is 137 cm³/mol. The summed E-state index contributed by atoms with van der Waals surface area (Å²) < 4.78 is 5.65. The molecule has 1 saturated heterocycles. The van der Waals surface area contributed by atoms with Crippen LogP contribution in [0.1, 0.15) is 38.2 Å². The molecule has 4 aromatic rings. The number of para-hydroxylation sites is 1. The Kier molecular flexibility index (Phi) is 6.11. The van der Waals surface area contributed by atoms with Gasteiger partial charge in [0.1, 0.15) is 5.82 Å². The summed E-state index contributed by atoms with van der Waals surface area (Å²) in [4.78, 5) is 18.3. The molecule has 0 radical (unpaired) electrons. The van der Waals surface area contributed by atoms with Gasteiger partial charge in [0.2, 0.25) is 5.88 Å². The van der Waals surface area contributed by atoms with Gasteiger partial charge in [-0.15, -0.1) is 0 Å². The van der Waals surface area contributed by atoms with E-state index < -0.39 is 0 Å². The first-order chi connectivity index (χ1) is 16.4. The van der Waals surface area contributed by atoms with Crippen LogP contribution in [0.3, 0.4) is 0 Å². The second-order valence-electron chi connectivity index (χ2n) is 10.0. The number of imidazole rings is 1. The lowest BCUT2D eigenvalue weighted by atomic mass is 10.0. The Labute approximate surface area is 201 Å². The van der Waals surface area contributed by atoms with Crippen LogP contribution in [0.4, 0.5) is 0 Å². The summed E-state index contributed by atoms with van der Waals surface area (Å²) in [5, 5.41) is 1.08. The predicted octanol–water partition coefficient (Wildman–Crippen LogP) is 5.29. The molecule has 3 heterocycles. The topological polar surface area (TPSA) is 57.3 Å². The van der Waals surface area contributed by atoms with E-state index in [1.165, 1.54) is 5.56 Å². The van der Waals surface area contributed by atoms with Crippen molar-refractivity contribution in [2.45, 2.75) is 38.9 Å². The van der Waals surface area contributed by atoms with E-state index in [0.717, 1.165) is 54.2 Å². The smallest absolute Gasteiger partial charge is 0.223 e. The quantitative estimate of drug-likeness (QED) is 0.443. The first-order valence-corrected chi connectivity index (χ1v) is 11.9. The number of methoxy groups -OCH3 is 1. The SMILES string of the molecule is COc1nc2ccccc2cc1-c1cnc(C2CN(C(C)(C)C)CCN2Cc2ccccc2)[nH]1. The van der Waals surface area contributed by atoms with Crippen molar-refractivity contribution in [1.29, 1.82) is 0 Å². The largest absolute Gasteiger partial charge is 0.480 e.